The van der Waals surface area contributed by atoms with Crippen molar-refractivity contribution in [1.82, 2.24) is 10.6 Å². The molecule has 1 aromatic rings. The SMILES string of the molecule is O=C(NCCNCc1ccc(F)cc1)C1CC1. The molecule has 1 saturated carbocycles. The summed E-state index contributed by atoms with van der Waals surface area (Å²) in [6.45, 7) is 2.08. The standard InChI is InChI=1S/C13H17FN2O/c14-12-5-1-10(2-6-12)9-15-7-8-16-13(17)11-3-4-11/h1-2,5-6,11,15H,3-4,7-9H2,(H,16,17). The molecule has 92 valence electrons. The molecular formula is C13H17FN2O. The monoisotopic (exact) mass is 236 g/mol. The average Bonchev–Trinajstić information content (AvgIpc) is 3.15. The third kappa shape index (κ3) is 4.15. The predicted molar refractivity (Wildman–Crippen MR) is 63.8 cm³/mol. The number of halogens is 1. The molecule has 0 aliphatic heterocycles. The molecule has 0 aromatic heterocycles. The van der Waals surface area contributed by atoms with Crippen LogP contribution in [0.5, 0.6) is 0 Å². The third-order valence-electron chi connectivity index (χ3n) is 2.79. The quantitative estimate of drug-likeness (QED) is 0.734. The summed E-state index contributed by atoms with van der Waals surface area (Å²) in [4.78, 5) is 11.3. The molecule has 2 rings (SSSR count). The molecule has 0 saturated heterocycles. The molecule has 0 spiro atoms. The molecule has 17 heavy (non-hydrogen) atoms. The van der Waals surface area contributed by atoms with E-state index in [1.54, 1.807) is 12.1 Å². The summed E-state index contributed by atoms with van der Waals surface area (Å²) < 4.78 is 12.6. The third-order valence-corrected chi connectivity index (χ3v) is 2.79. The topological polar surface area (TPSA) is 41.1 Å². The first kappa shape index (κ1) is 12.0. The van der Waals surface area contributed by atoms with E-state index in [2.05, 4.69) is 10.6 Å². The molecule has 1 aliphatic rings. The van der Waals surface area contributed by atoms with E-state index in [1.165, 1.54) is 12.1 Å². The van der Waals surface area contributed by atoms with Crippen molar-refractivity contribution in [3.8, 4) is 0 Å². The van der Waals surface area contributed by atoms with Gasteiger partial charge in [0.1, 0.15) is 5.82 Å². The van der Waals surface area contributed by atoms with Gasteiger partial charge in [-0.05, 0) is 30.5 Å². The normalized spacial score (nSPS) is 14.6. The van der Waals surface area contributed by atoms with E-state index in [0.29, 0.717) is 13.1 Å². The molecule has 1 aromatic carbocycles. The first-order valence-electron chi connectivity index (χ1n) is 5.98. The number of nitrogens with one attached hydrogen (secondary N) is 2. The number of hydrogen-bond acceptors (Lipinski definition) is 2. The summed E-state index contributed by atoms with van der Waals surface area (Å²) in [7, 11) is 0. The molecule has 4 heteroatoms. The Morgan fingerprint density at radius 3 is 2.59 bits per heavy atom. The summed E-state index contributed by atoms with van der Waals surface area (Å²) in [6, 6.07) is 6.41. The summed E-state index contributed by atoms with van der Waals surface area (Å²) in [5.41, 5.74) is 1.04. The Labute approximate surface area is 100 Å². The van der Waals surface area contributed by atoms with Crippen LogP contribution in [0.15, 0.2) is 24.3 Å². The molecule has 1 amide bonds. The fraction of sp³-hybridized carbons (Fsp3) is 0.462. The van der Waals surface area contributed by atoms with Crippen LogP contribution >= 0.6 is 0 Å². The maximum Gasteiger partial charge on any atom is 0.223 e. The summed E-state index contributed by atoms with van der Waals surface area (Å²) in [5, 5.41) is 6.08. The summed E-state index contributed by atoms with van der Waals surface area (Å²) in [5.74, 6) is 0.228. The highest BCUT2D eigenvalue weighted by Crippen LogP contribution is 2.28. The second-order valence-corrected chi connectivity index (χ2v) is 4.37. The molecule has 0 bridgehead atoms. The van der Waals surface area contributed by atoms with Crippen molar-refractivity contribution in [2.75, 3.05) is 13.1 Å². The van der Waals surface area contributed by atoms with Crippen molar-refractivity contribution in [3.05, 3.63) is 35.6 Å². The van der Waals surface area contributed by atoms with Crippen LogP contribution in [0.3, 0.4) is 0 Å². The molecule has 2 N–H and O–H groups in total. The number of carbonyl (C=O) groups is 1. The lowest BCUT2D eigenvalue weighted by Gasteiger charge is -2.06. The van der Waals surface area contributed by atoms with Gasteiger partial charge >= 0.3 is 0 Å². The van der Waals surface area contributed by atoms with Crippen molar-refractivity contribution < 1.29 is 9.18 Å². The van der Waals surface area contributed by atoms with E-state index in [4.69, 9.17) is 0 Å². The van der Waals surface area contributed by atoms with Gasteiger partial charge in [0.05, 0.1) is 0 Å². The second-order valence-electron chi connectivity index (χ2n) is 4.37. The van der Waals surface area contributed by atoms with E-state index in [-0.39, 0.29) is 17.6 Å². The lowest BCUT2D eigenvalue weighted by Crippen LogP contribution is -2.32. The first-order valence-corrected chi connectivity index (χ1v) is 5.98. The van der Waals surface area contributed by atoms with Gasteiger partial charge in [0.15, 0.2) is 0 Å². The van der Waals surface area contributed by atoms with Gasteiger partial charge in [0, 0.05) is 25.6 Å². The lowest BCUT2D eigenvalue weighted by molar-refractivity contribution is -0.122. The Morgan fingerprint density at radius 1 is 1.24 bits per heavy atom. The van der Waals surface area contributed by atoms with Gasteiger partial charge in [-0.3, -0.25) is 4.79 Å². The van der Waals surface area contributed by atoms with Crippen molar-refractivity contribution in [2.45, 2.75) is 19.4 Å². The van der Waals surface area contributed by atoms with Crippen LogP contribution in [0.1, 0.15) is 18.4 Å². The molecule has 0 radical (unpaired) electrons. The fourth-order valence-corrected chi connectivity index (χ4v) is 1.60. The smallest absolute Gasteiger partial charge is 0.223 e. The summed E-state index contributed by atoms with van der Waals surface area (Å²) >= 11 is 0. The molecule has 1 aliphatic carbocycles. The zero-order valence-electron chi connectivity index (χ0n) is 9.71. The van der Waals surface area contributed by atoms with Crippen LogP contribution in [0, 0.1) is 11.7 Å². The van der Waals surface area contributed by atoms with Crippen molar-refractivity contribution in [3.63, 3.8) is 0 Å². The molecule has 0 atom stereocenters. The van der Waals surface area contributed by atoms with E-state index < -0.39 is 0 Å². The van der Waals surface area contributed by atoms with Gasteiger partial charge in [-0.15, -0.1) is 0 Å². The number of carbonyl (C=O) groups excluding carboxylic acids is 1. The number of amides is 1. The van der Waals surface area contributed by atoms with Crippen LogP contribution < -0.4 is 10.6 Å². The van der Waals surface area contributed by atoms with Crippen molar-refractivity contribution in [1.29, 1.82) is 0 Å². The Bertz CT molecular complexity index is 374. The molecule has 0 heterocycles. The number of rotatable bonds is 6. The first-order chi connectivity index (χ1) is 8.25. The lowest BCUT2D eigenvalue weighted by atomic mass is 10.2. The van der Waals surface area contributed by atoms with Gasteiger partial charge in [-0.2, -0.15) is 0 Å². The maximum atomic E-state index is 12.6. The van der Waals surface area contributed by atoms with Crippen LogP contribution in [0.25, 0.3) is 0 Å². The number of hydrogen-bond donors (Lipinski definition) is 2. The van der Waals surface area contributed by atoms with Crippen molar-refractivity contribution >= 4 is 5.91 Å². The van der Waals surface area contributed by atoms with Crippen LogP contribution in [0.2, 0.25) is 0 Å². The predicted octanol–water partition coefficient (Wildman–Crippen LogP) is 1.44. The van der Waals surface area contributed by atoms with Crippen LogP contribution in [-0.2, 0) is 11.3 Å². The molecule has 1 fully saturated rings. The Morgan fingerprint density at radius 2 is 1.94 bits per heavy atom. The maximum absolute atomic E-state index is 12.6. The van der Waals surface area contributed by atoms with Crippen LogP contribution in [0.4, 0.5) is 4.39 Å². The Balaban J connectivity index is 1.56. The molecule has 3 nitrogen and oxygen atoms in total. The highest BCUT2D eigenvalue weighted by Gasteiger charge is 2.28. The minimum Gasteiger partial charge on any atom is -0.355 e. The van der Waals surface area contributed by atoms with E-state index in [0.717, 1.165) is 24.9 Å². The average molecular weight is 236 g/mol. The van der Waals surface area contributed by atoms with Crippen molar-refractivity contribution in [2.24, 2.45) is 5.92 Å². The highest BCUT2D eigenvalue weighted by molar-refractivity contribution is 5.80. The summed E-state index contributed by atoms with van der Waals surface area (Å²) in [6.07, 6.45) is 2.07. The molecular weight excluding hydrogens is 219 g/mol. The van der Waals surface area contributed by atoms with Gasteiger partial charge in [0.2, 0.25) is 5.91 Å². The Kier molecular flexibility index (Phi) is 4.09. The number of benzene rings is 1. The largest absolute Gasteiger partial charge is 0.355 e. The van der Waals surface area contributed by atoms with Crippen LogP contribution in [-0.4, -0.2) is 19.0 Å². The van der Waals surface area contributed by atoms with Gasteiger partial charge in [0.25, 0.3) is 0 Å². The molecule has 0 unspecified atom stereocenters. The highest BCUT2D eigenvalue weighted by atomic mass is 19.1. The minimum atomic E-state index is -0.217. The van der Waals surface area contributed by atoms with E-state index >= 15 is 0 Å². The van der Waals surface area contributed by atoms with Gasteiger partial charge < -0.3 is 10.6 Å². The minimum absolute atomic E-state index is 0.175. The van der Waals surface area contributed by atoms with E-state index in [1.807, 2.05) is 0 Å². The fourth-order valence-electron chi connectivity index (χ4n) is 1.60. The van der Waals surface area contributed by atoms with Gasteiger partial charge in [-0.1, -0.05) is 12.1 Å². The van der Waals surface area contributed by atoms with Gasteiger partial charge in [-0.25, -0.2) is 4.39 Å². The zero-order chi connectivity index (χ0) is 12.1. The Hall–Kier alpha value is -1.42. The van der Waals surface area contributed by atoms with E-state index in [9.17, 15) is 9.18 Å². The second kappa shape index (κ2) is 5.77. The zero-order valence-corrected chi connectivity index (χ0v) is 9.71.